The highest BCUT2D eigenvalue weighted by atomic mass is 16.4. The first-order chi connectivity index (χ1) is 19.6. The molecule has 2 aromatic carbocycles. The molecule has 1 aromatic heterocycles. The lowest BCUT2D eigenvalue weighted by Gasteiger charge is -2.25. The third-order valence-electron chi connectivity index (χ3n) is 6.48. The van der Waals surface area contributed by atoms with E-state index in [4.69, 9.17) is 11.5 Å². The summed E-state index contributed by atoms with van der Waals surface area (Å²) in [5, 5.41) is 27.0. The van der Waals surface area contributed by atoms with Crippen molar-refractivity contribution in [2.24, 2.45) is 11.5 Å². The van der Waals surface area contributed by atoms with Gasteiger partial charge in [-0.05, 0) is 23.6 Å². The lowest BCUT2D eigenvalue weighted by molar-refractivity contribution is -0.143. The number of aliphatic hydroxyl groups is 1. The largest absolute Gasteiger partial charge is 0.480 e. The van der Waals surface area contributed by atoms with Crippen molar-refractivity contribution in [2.45, 2.75) is 49.9 Å². The van der Waals surface area contributed by atoms with Crippen LogP contribution in [0.25, 0.3) is 10.9 Å². The molecule has 4 atom stereocenters. The van der Waals surface area contributed by atoms with Crippen LogP contribution in [-0.4, -0.2) is 75.6 Å². The molecule has 0 aliphatic carbocycles. The van der Waals surface area contributed by atoms with Crippen molar-refractivity contribution in [3.05, 3.63) is 71.9 Å². The number of carboxylic acid groups (broad SMARTS) is 1. The Hall–Kier alpha value is -4.75. The molecule has 0 spiro atoms. The lowest BCUT2D eigenvalue weighted by Crippen LogP contribution is -2.58. The molecule has 4 amide bonds. The highest BCUT2D eigenvalue weighted by molar-refractivity contribution is 5.95. The first-order valence-electron chi connectivity index (χ1n) is 13.0. The van der Waals surface area contributed by atoms with Crippen molar-refractivity contribution < 1.29 is 34.2 Å². The summed E-state index contributed by atoms with van der Waals surface area (Å²) in [5.41, 5.74) is 13.2. The van der Waals surface area contributed by atoms with Gasteiger partial charge in [0.25, 0.3) is 0 Å². The Morgan fingerprint density at radius 1 is 0.805 bits per heavy atom. The van der Waals surface area contributed by atoms with E-state index >= 15 is 0 Å². The number of nitrogens with two attached hydrogens (primary N) is 2. The smallest absolute Gasteiger partial charge is 0.328 e. The highest BCUT2D eigenvalue weighted by Crippen LogP contribution is 2.19. The predicted molar refractivity (Wildman–Crippen MR) is 149 cm³/mol. The molecule has 0 aliphatic rings. The molecule has 10 N–H and O–H groups in total. The van der Waals surface area contributed by atoms with Crippen molar-refractivity contribution in [1.29, 1.82) is 0 Å². The molecule has 0 bridgehead atoms. The Morgan fingerprint density at radius 2 is 1.39 bits per heavy atom. The number of aromatic amines is 1. The quantitative estimate of drug-likeness (QED) is 0.114. The minimum Gasteiger partial charge on any atom is -0.480 e. The zero-order chi connectivity index (χ0) is 29.9. The van der Waals surface area contributed by atoms with Crippen LogP contribution in [0.1, 0.15) is 24.0 Å². The number of aromatic nitrogens is 1. The summed E-state index contributed by atoms with van der Waals surface area (Å²) in [5.74, 6) is -4.32. The summed E-state index contributed by atoms with van der Waals surface area (Å²) < 4.78 is 0. The van der Waals surface area contributed by atoms with Gasteiger partial charge >= 0.3 is 5.97 Å². The molecular weight excluding hydrogens is 532 g/mol. The van der Waals surface area contributed by atoms with E-state index in [1.165, 1.54) is 0 Å². The van der Waals surface area contributed by atoms with E-state index in [1.807, 2.05) is 24.3 Å². The van der Waals surface area contributed by atoms with Crippen LogP contribution in [0.15, 0.2) is 60.8 Å². The van der Waals surface area contributed by atoms with Gasteiger partial charge in [-0.2, -0.15) is 0 Å². The van der Waals surface area contributed by atoms with Crippen LogP contribution >= 0.6 is 0 Å². The van der Waals surface area contributed by atoms with Crippen LogP contribution in [0, 0.1) is 0 Å². The van der Waals surface area contributed by atoms with Crippen LogP contribution in [-0.2, 0) is 36.8 Å². The molecule has 13 nitrogen and oxygen atoms in total. The van der Waals surface area contributed by atoms with Crippen LogP contribution in [0.3, 0.4) is 0 Å². The van der Waals surface area contributed by atoms with Crippen LogP contribution < -0.4 is 27.4 Å². The molecule has 4 unspecified atom stereocenters. The van der Waals surface area contributed by atoms with Crippen molar-refractivity contribution in [2.75, 3.05) is 6.61 Å². The minimum atomic E-state index is -1.59. The first kappa shape index (κ1) is 30.8. The number of para-hydroxylation sites is 1. The van der Waals surface area contributed by atoms with Crippen LogP contribution in [0.4, 0.5) is 0 Å². The standard InChI is InChI=1S/C28H34N6O7/c29-19(10-11-24(30)36)25(37)32-21(12-16-6-2-1-3-7-16)26(38)33-22(27(39)34-23(15-35)28(40)41)13-17-14-31-20-9-5-4-8-18(17)20/h1-9,14,19,21-23,31,35H,10-13,15,29H2,(H2,30,36)(H,32,37)(H,33,38)(H,34,39)(H,40,41). The number of carbonyl (C=O) groups excluding carboxylic acids is 4. The number of aliphatic hydroxyl groups excluding tert-OH is 1. The molecule has 0 radical (unpaired) electrons. The molecular formula is C28H34N6O7. The second kappa shape index (κ2) is 14.6. The zero-order valence-corrected chi connectivity index (χ0v) is 22.2. The number of benzene rings is 2. The van der Waals surface area contributed by atoms with Gasteiger partial charge in [0.1, 0.15) is 18.1 Å². The fourth-order valence-electron chi connectivity index (χ4n) is 4.23. The molecule has 13 heteroatoms. The fraction of sp³-hybridized carbons (Fsp3) is 0.321. The average molecular weight is 567 g/mol. The first-order valence-corrected chi connectivity index (χ1v) is 13.0. The number of primary amides is 1. The average Bonchev–Trinajstić information content (AvgIpc) is 3.36. The van der Waals surface area contributed by atoms with Gasteiger partial charge in [-0.1, -0.05) is 48.5 Å². The Balaban J connectivity index is 1.86. The third kappa shape index (κ3) is 8.88. The van der Waals surface area contributed by atoms with Gasteiger partial charge in [0.2, 0.25) is 23.6 Å². The summed E-state index contributed by atoms with van der Waals surface area (Å²) in [6.07, 6.45) is 1.57. The third-order valence-corrected chi connectivity index (χ3v) is 6.48. The predicted octanol–water partition coefficient (Wildman–Crippen LogP) is -0.923. The zero-order valence-electron chi connectivity index (χ0n) is 22.2. The van der Waals surface area contributed by atoms with Gasteiger partial charge in [0, 0.05) is 36.4 Å². The number of hydrogen-bond donors (Lipinski definition) is 8. The van der Waals surface area contributed by atoms with E-state index in [0.717, 1.165) is 10.9 Å². The molecule has 0 aliphatic heterocycles. The number of rotatable bonds is 15. The number of nitrogens with one attached hydrogen (secondary N) is 4. The van der Waals surface area contributed by atoms with E-state index in [2.05, 4.69) is 20.9 Å². The topological polar surface area (TPSA) is 230 Å². The van der Waals surface area contributed by atoms with E-state index in [9.17, 15) is 34.2 Å². The second-order valence-electron chi connectivity index (χ2n) is 9.57. The Labute approximate surface area is 235 Å². The SMILES string of the molecule is NC(=O)CCC(N)C(=O)NC(Cc1ccccc1)C(=O)NC(Cc1c[nH]c2ccccc12)C(=O)NC(CO)C(=O)O. The Morgan fingerprint density at radius 3 is 2.02 bits per heavy atom. The summed E-state index contributed by atoms with van der Waals surface area (Å²) in [6, 6.07) is 11.0. The maximum atomic E-state index is 13.6. The number of fused-ring (bicyclic) bond motifs is 1. The highest BCUT2D eigenvalue weighted by Gasteiger charge is 2.31. The van der Waals surface area contributed by atoms with Gasteiger partial charge in [0.05, 0.1) is 12.6 Å². The van der Waals surface area contributed by atoms with E-state index in [1.54, 1.807) is 36.5 Å². The van der Waals surface area contributed by atoms with Gasteiger partial charge < -0.3 is 42.6 Å². The summed E-state index contributed by atoms with van der Waals surface area (Å²) in [6.45, 7) is -0.856. The van der Waals surface area contributed by atoms with Crippen molar-refractivity contribution in [3.63, 3.8) is 0 Å². The maximum absolute atomic E-state index is 13.6. The fourth-order valence-corrected chi connectivity index (χ4v) is 4.23. The van der Waals surface area contributed by atoms with Gasteiger partial charge in [0.15, 0.2) is 0 Å². The normalized spacial score (nSPS) is 13.9. The van der Waals surface area contributed by atoms with Crippen LogP contribution in [0.5, 0.6) is 0 Å². The summed E-state index contributed by atoms with van der Waals surface area (Å²) in [4.78, 5) is 65.2. The number of carbonyl (C=O) groups is 5. The Bertz CT molecular complexity index is 1380. The number of aliphatic carboxylic acids is 1. The molecule has 218 valence electrons. The van der Waals surface area contributed by atoms with Gasteiger partial charge in [-0.25, -0.2) is 4.79 Å². The number of amides is 4. The molecule has 41 heavy (non-hydrogen) atoms. The minimum absolute atomic E-state index is 0.0236. The van der Waals surface area contributed by atoms with Gasteiger partial charge in [-0.15, -0.1) is 0 Å². The number of carboxylic acids is 1. The van der Waals surface area contributed by atoms with Crippen molar-refractivity contribution >= 4 is 40.5 Å². The Kier molecular flexibility index (Phi) is 11.0. The van der Waals surface area contributed by atoms with Crippen molar-refractivity contribution in [3.8, 4) is 0 Å². The van der Waals surface area contributed by atoms with E-state index in [0.29, 0.717) is 11.1 Å². The lowest BCUT2D eigenvalue weighted by atomic mass is 10.0. The molecule has 3 rings (SSSR count). The monoisotopic (exact) mass is 566 g/mol. The van der Waals surface area contributed by atoms with Crippen LogP contribution in [0.2, 0.25) is 0 Å². The number of hydrogen-bond acceptors (Lipinski definition) is 7. The van der Waals surface area contributed by atoms with Crippen molar-refractivity contribution in [1.82, 2.24) is 20.9 Å². The van der Waals surface area contributed by atoms with Gasteiger partial charge in [-0.3, -0.25) is 19.2 Å². The molecule has 3 aromatic rings. The van der Waals surface area contributed by atoms with E-state index in [-0.39, 0.29) is 25.7 Å². The molecule has 0 fully saturated rings. The summed E-state index contributed by atoms with van der Waals surface area (Å²) >= 11 is 0. The summed E-state index contributed by atoms with van der Waals surface area (Å²) in [7, 11) is 0. The molecule has 1 heterocycles. The van der Waals surface area contributed by atoms with E-state index < -0.39 is 60.4 Å². The molecule has 0 saturated heterocycles. The maximum Gasteiger partial charge on any atom is 0.328 e. The number of H-pyrrole nitrogens is 1. The second-order valence-corrected chi connectivity index (χ2v) is 9.57. The molecule has 0 saturated carbocycles.